The molecule has 4 nitrogen and oxygen atoms in total. The third kappa shape index (κ3) is 4.26. The summed E-state index contributed by atoms with van der Waals surface area (Å²) in [6.07, 6.45) is 2.05. The van der Waals surface area contributed by atoms with E-state index in [0.29, 0.717) is 10.9 Å². The fourth-order valence-electron chi connectivity index (χ4n) is 1.97. The van der Waals surface area contributed by atoms with Crippen LogP contribution in [0.1, 0.15) is 17.8 Å². The van der Waals surface area contributed by atoms with Gasteiger partial charge in [-0.05, 0) is 30.9 Å². The van der Waals surface area contributed by atoms with Gasteiger partial charge in [-0.2, -0.15) is 0 Å². The Morgan fingerprint density at radius 2 is 2.00 bits per heavy atom. The van der Waals surface area contributed by atoms with E-state index in [1.807, 2.05) is 29.6 Å². The first-order valence-corrected chi connectivity index (χ1v) is 9.60. The smallest absolute Gasteiger partial charge is 0.212 e. The Bertz CT molecular complexity index is 722. The second-order valence-electron chi connectivity index (χ2n) is 5.18. The highest BCUT2D eigenvalue weighted by atomic mass is 35.5. The minimum Gasteiger partial charge on any atom is -0.240 e. The third-order valence-electron chi connectivity index (χ3n) is 3.29. The van der Waals surface area contributed by atoms with E-state index in [4.69, 9.17) is 11.6 Å². The van der Waals surface area contributed by atoms with Crippen molar-refractivity contribution in [3.05, 3.63) is 39.7 Å². The van der Waals surface area contributed by atoms with Crippen LogP contribution in [0, 0.1) is 5.92 Å². The molecule has 1 saturated carbocycles. The number of aromatic nitrogens is 1. The van der Waals surface area contributed by atoms with Crippen molar-refractivity contribution in [1.29, 1.82) is 0 Å². The summed E-state index contributed by atoms with van der Waals surface area (Å²) >= 11 is 7.31. The fraction of sp³-hybridized carbons (Fsp3) is 0.357. The molecular weight excluding hydrogens is 328 g/mol. The SMILES string of the molecule is O=S(=O)(CC1CC1)NCc1nc(-c2ccc(Cl)cc2)cs1. The normalized spacial score (nSPS) is 15.3. The Kier molecular flexibility index (Phi) is 4.31. The van der Waals surface area contributed by atoms with Crippen molar-refractivity contribution in [3.8, 4) is 11.3 Å². The summed E-state index contributed by atoms with van der Waals surface area (Å²) in [5.74, 6) is 0.589. The van der Waals surface area contributed by atoms with Crippen molar-refractivity contribution in [3.63, 3.8) is 0 Å². The number of benzene rings is 1. The second-order valence-corrected chi connectivity index (χ2v) is 8.41. The van der Waals surface area contributed by atoms with Gasteiger partial charge < -0.3 is 0 Å². The first-order chi connectivity index (χ1) is 10.0. The number of nitrogens with one attached hydrogen (secondary N) is 1. The summed E-state index contributed by atoms with van der Waals surface area (Å²) in [4.78, 5) is 4.46. The van der Waals surface area contributed by atoms with E-state index < -0.39 is 10.0 Å². The molecule has 1 aromatic carbocycles. The van der Waals surface area contributed by atoms with Crippen molar-refractivity contribution in [2.24, 2.45) is 5.92 Å². The zero-order valence-electron chi connectivity index (χ0n) is 11.3. The molecule has 0 spiro atoms. The summed E-state index contributed by atoms with van der Waals surface area (Å²) in [7, 11) is -3.18. The molecule has 0 radical (unpaired) electrons. The molecule has 1 aliphatic carbocycles. The average molecular weight is 343 g/mol. The van der Waals surface area contributed by atoms with E-state index in [1.54, 1.807) is 0 Å². The highest BCUT2D eigenvalue weighted by Crippen LogP contribution is 2.30. The van der Waals surface area contributed by atoms with E-state index in [1.165, 1.54) is 11.3 Å². The minimum absolute atomic E-state index is 0.239. The van der Waals surface area contributed by atoms with Crippen molar-refractivity contribution < 1.29 is 8.42 Å². The molecule has 1 heterocycles. The molecular formula is C14H15ClN2O2S2. The van der Waals surface area contributed by atoms with Crippen LogP contribution >= 0.6 is 22.9 Å². The van der Waals surface area contributed by atoms with Gasteiger partial charge in [-0.15, -0.1) is 11.3 Å². The molecule has 0 unspecified atom stereocenters. The maximum atomic E-state index is 11.8. The molecule has 1 fully saturated rings. The molecule has 0 saturated heterocycles. The lowest BCUT2D eigenvalue weighted by Gasteiger charge is -2.03. The maximum absolute atomic E-state index is 11.8. The molecule has 0 amide bonds. The summed E-state index contributed by atoms with van der Waals surface area (Å²) in [5.41, 5.74) is 1.82. The lowest BCUT2D eigenvalue weighted by molar-refractivity contribution is 0.577. The Hall–Kier alpha value is -0.950. The number of thiazole rings is 1. The zero-order chi connectivity index (χ0) is 14.9. The summed E-state index contributed by atoms with van der Waals surface area (Å²) in [6, 6.07) is 7.43. The van der Waals surface area contributed by atoms with Crippen LogP contribution in [0.3, 0.4) is 0 Å². The lowest BCUT2D eigenvalue weighted by atomic mass is 10.2. The van der Waals surface area contributed by atoms with Crippen molar-refractivity contribution in [2.45, 2.75) is 19.4 Å². The molecule has 112 valence electrons. The molecule has 3 rings (SSSR count). The van der Waals surface area contributed by atoms with Crippen LogP contribution in [0.15, 0.2) is 29.6 Å². The average Bonchev–Trinajstić information content (AvgIpc) is 3.11. The lowest BCUT2D eigenvalue weighted by Crippen LogP contribution is -2.26. The monoisotopic (exact) mass is 342 g/mol. The van der Waals surface area contributed by atoms with Gasteiger partial charge in [-0.3, -0.25) is 0 Å². The number of halogens is 1. The number of sulfonamides is 1. The van der Waals surface area contributed by atoms with Crippen molar-refractivity contribution >= 4 is 33.0 Å². The quantitative estimate of drug-likeness (QED) is 0.876. The van der Waals surface area contributed by atoms with Gasteiger partial charge in [0.05, 0.1) is 18.0 Å². The third-order valence-corrected chi connectivity index (χ3v) is 5.88. The van der Waals surface area contributed by atoms with Gasteiger partial charge in [0.15, 0.2) is 0 Å². The molecule has 0 aliphatic heterocycles. The van der Waals surface area contributed by atoms with Crippen LogP contribution < -0.4 is 4.72 Å². The molecule has 0 bridgehead atoms. The first-order valence-electron chi connectivity index (χ1n) is 6.69. The van der Waals surface area contributed by atoms with Gasteiger partial charge >= 0.3 is 0 Å². The van der Waals surface area contributed by atoms with Gasteiger partial charge in [0.2, 0.25) is 10.0 Å². The molecule has 1 aromatic heterocycles. The predicted octanol–water partition coefficient (Wildman–Crippen LogP) is 3.29. The minimum atomic E-state index is -3.18. The largest absolute Gasteiger partial charge is 0.240 e. The molecule has 2 aromatic rings. The predicted molar refractivity (Wildman–Crippen MR) is 85.9 cm³/mol. The van der Waals surface area contributed by atoms with E-state index in [2.05, 4.69) is 9.71 Å². The Labute approximate surface area is 133 Å². The summed E-state index contributed by atoms with van der Waals surface area (Å²) < 4.78 is 26.3. The Morgan fingerprint density at radius 1 is 1.29 bits per heavy atom. The van der Waals surface area contributed by atoms with Crippen molar-refractivity contribution in [2.75, 3.05) is 5.75 Å². The van der Waals surface area contributed by atoms with Crippen LogP contribution in [-0.4, -0.2) is 19.2 Å². The summed E-state index contributed by atoms with van der Waals surface area (Å²) in [6.45, 7) is 0.257. The van der Waals surface area contributed by atoms with Crippen molar-refractivity contribution in [1.82, 2.24) is 9.71 Å². The number of rotatable bonds is 6. The van der Waals surface area contributed by atoms with Gasteiger partial charge in [0.25, 0.3) is 0 Å². The van der Waals surface area contributed by atoms with Gasteiger partial charge in [-0.25, -0.2) is 18.1 Å². The van der Waals surface area contributed by atoms with E-state index in [9.17, 15) is 8.42 Å². The van der Waals surface area contributed by atoms with Gasteiger partial charge in [0, 0.05) is 16.0 Å². The molecule has 1 aliphatic rings. The standard InChI is InChI=1S/C14H15ClN2O2S2/c15-12-5-3-11(4-6-12)13-8-20-14(17-13)7-16-21(18,19)9-10-1-2-10/h3-6,8,10,16H,1-2,7,9H2. The number of hydrogen-bond acceptors (Lipinski definition) is 4. The fourth-order valence-corrected chi connectivity index (χ4v) is 4.36. The first kappa shape index (κ1) is 15.0. The van der Waals surface area contributed by atoms with Crippen LogP contribution in [0.5, 0.6) is 0 Å². The second kappa shape index (κ2) is 6.04. The number of hydrogen-bond donors (Lipinski definition) is 1. The van der Waals surface area contributed by atoms with E-state index in [0.717, 1.165) is 29.1 Å². The molecule has 7 heteroatoms. The van der Waals surface area contributed by atoms with Gasteiger partial charge in [-0.1, -0.05) is 23.7 Å². The molecule has 0 atom stereocenters. The van der Waals surface area contributed by atoms with Crippen LogP contribution in [-0.2, 0) is 16.6 Å². The molecule has 21 heavy (non-hydrogen) atoms. The number of nitrogens with zero attached hydrogens (tertiary/aromatic N) is 1. The van der Waals surface area contributed by atoms with Crippen LogP contribution in [0.25, 0.3) is 11.3 Å². The Balaban J connectivity index is 1.63. The summed E-state index contributed by atoms with van der Waals surface area (Å²) in [5, 5.41) is 3.37. The van der Waals surface area contributed by atoms with Crippen LogP contribution in [0.4, 0.5) is 0 Å². The van der Waals surface area contributed by atoms with Crippen LogP contribution in [0.2, 0.25) is 5.02 Å². The topological polar surface area (TPSA) is 59.1 Å². The van der Waals surface area contributed by atoms with E-state index in [-0.39, 0.29) is 12.3 Å². The highest BCUT2D eigenvalue weighted by Gasteiger charge is 2.27. The maximum Gasteiger partial charge on any atom is 0.212 e. The van der Waals surface area contributed by atoms with E-state index >= 15 is 0 Å². The molecule has 1 N–H and O–H groups in total. The highest BCUT2D eigenvalue weighted by molar-refractivity contribution is 7.89. The zero-order valence-corrected chi connectivity index (χ0v) is 13.6. The Morgan fingerprint density at radius 3 is 2.67 bits per heavy atom. The van der Waals surface area contributed by atoms with Gasteiger partial charge in [0.1, 0.15) is 5.01 Å².